The molecule has 2 rings (SSSR count). The molecule has 0 bridgehead atoms. The van der Waals surface area contributed by atoms with Gasteiger partial charge in [-0.2, -0.15) is 0 Å². The van der Waals surface area contributed by atoms with E-state index in [2.05, 4.69) is 5.32 Å². The van der Waals surface area contributed by atoms with E-state index >= 15 is 0 Å². The van der Waals surface area contributed by atoms with Crippen LogP contribution in [0.1, 0.15) is 30.4 Å². The average Bonchev–Trinajstić information content (AvgIpc) is 2.92. The summed E-state index contributed by atoms with van der Waals surface area (Å²) in [6.45, 7) is 2.95. The van der Waals surface area contributed by atoms with Crippen LogP contribution in [0, 0.1) is 18.8 Å². The minimum atomic E-state index is -0.0610. The van der Waals surface area contributed by atoms with Crippen molar-refractivity contribution < 1.29 is 9.90 Å². The highest BCUT2D eigenvalue weighted by atomic mass is 16.3. The molecule has 1 aliphatic rings. The Kier molecular flexibility index (Phi) is 5.36. The summed E-state index contributed by atoms with van der Waals surface area (Å²) in [5.74, 6) is 0.724. The Labute approximate surface area is 120 Å². The van der Waals surface area contributed by atoms with E-state index in [1.54, 1.807) is 6.08 Å². The van der Waals surface area contributed by atoms with Gasteiger partial charge in [0.25, 0.3) is 0 Å². The molecule has 3 heteroatoms. The average molecular weight is 273 g/mol. The number of aliphatic hydroxyl groups excluding tert-OH is 1. The van der Waals surface area contributed by atoms with E-state index < -0.39 is 0 Å². The van der Waals surface area contributed by atoms with E-state index in [0.29, 0.717) is 18.4 Å². The summed E-state index contributed by atoms with van der Waals surface area (Å²) in [4.78, 5) is 11.8. The molecule has 2 unspecified atom stereocenters. The molecule has 1 fully saturated rings. The summed E-state index contributed by atoms with van der Waals surface area (Å²) in [6.07, 6.45) is 6.74. The molecule has 1 aliphatic carbocycles. The Morgan fingerprint density at radius 1 is 1.30 bits per heavy atom. The molecular formula is C17H23NO2. The highest BCUT2D eigenvalue weighted by molar-refractivity contribution is 5.91. The second kappa shape index (κ2) is 7.25. The monoisotopic (exact) mass is 273 g/mol. The molecule has 0 spiro atoms. The minimum absolute atomic E-state index is 0.0610. The lowest BCUT2D eigenvalue weighted by molar-refractivity contribution is -0.116. The second-order valence-electron chi connectivity index (χ2n) is 5.62. The molecule has 2 N–H and O–H groups in total. The van der Waals surface area contributed by atoms with E-state index in [-0.39, 0.29) is 12.5 Å². The summed E-state index contributed by atoms with van der Waals surface area (Å²) < 4.78 is 0. The predicted molar refractivity (Wildman–Crippen MR) is 81.1 cm³/mol. The zero-order valence-corrected chi connectivity index (χ0v) is 12.0. The summed E-state index contributed by atoms with van der Waals surface area (Å²) in [5.41, 5.74) is 2.24. The third kappa shape index (κ3) is 4.20. The third-order valence-electron chi connectivity index (χ3n) is 4.09. The molecule has 108 valence electrons. The van der Waals surface area contributed by atoms with Gasteiger partial charge in [0.15, 0.2) is 0 Å². The molecule has 1 aromatic rings. The van der Waals surface area contributed by atoms with Crippen molar-refractivity contribution in [1.82, 2.24) is 5.32 Å². The molecule has 0 radical (unpaired) electrons. The van der Waals surface area contributed by atoms with Crippen LogP contribution in [-0.2, 0) is 4.79 Å². The quantitative estimate of drug-likeness (QED) is 0.810. The molecule has 1 saturated carbocycles. The van der Waals surface area contributed by atoms with Crippen LogP contribution in [0.2, 0.25) is 0 Å². The van der Waals surface area contributed by atoms with Gasteiger partial charge in [0.1, 0.15) is 0 Å². The van der Waals surface area contributed by atoms with Gasteiger partial charge in [0, 0.05) is 19.2 Å². The third-order valence-corrected chi connectivity index (χ3v) is 4.09. The highest BCUT2D eigenvalue weighted by Crippen LogP contribution is 2.30. The van der Waals surface area contributed by atoms with Crippen molar-refractivity contribution >= 4 is 12.0 Å². The first-order valence-electron chi connectivity index (χ1n) is 7.32. The number of rotatable bonds is 5. The first-order valence-corrected chi connectivity index (χ1v) is 7.32. The van der Waals surface area contributed by atoms with E-state index in [1.165, 1.54) is 5.56 Å². The first-order chi connectivity index (χ1) is 9.69. The maximum absolute atomic E-state index is 11.8. The van der Waals surface area contributed by atoms with E-state index in [4.69, 9.17) is 0 Å². The van der Waals surface area contributed by atoms with Crippen LogP contribution in [0.25, 0.3) is 6.08 Å². The highest BCUT2D eigenvalue weighted by Gasteiger charge is 2.26. The van der Waals surface area contributed by atoms with Crippen LogP contribution in [0.5, 0.6) is 0 Å². The van der Waals surface area contributed by atoms with Crippen LogP contribution in [-0.4, -0.2) is 24.2 Å². The van der Waals surface area contributed by atoms with Crippen molar-refractivity contribution in [2.75, 3.05) is 13.2 Å². The molecule has 0 heterocycles. The number of hydrogen-bond acceptors (Lipinski definition) is 2. The van der Waals surface area contributed by atoms with Crippen molar-refractivity contribution in [2.24, 2.45) is 11.8 Å². The minimum Gasteiger partial charge on any atom is -0.396 e. The summed E-state index contributed by atoms with van der Waals surface area (Å²) in [7, 11) is 0. The lowest BCUT2D eigenvalue weighted by Crippen LogP contribution is -2.30. The number of carbonyl (C=O) groups is 1. The molecule has 0 saturated heterocycles. The summed E-state index contributed by atoms with van der Waals surface area (Å²) in [6, 6.07) is 8.06. The van der Waals surface area contributed by atoms with Crippen LogP contribution >= 0.6 is 0 Å². The molecule has 0 aromatic heterocycles. The molecule has 1 aromatic carbocycles. The van der Waals surface area contributed by atoms with Gasteiger partial charge < -0.3 is 10.4 Å². The fraction of sp³-hybridized carbons (Fsp3) is 0.471. The number of carbonyl (C=O) groups excluding carboxylic acids is 1. The molecular weight excluding hydrogens is 250 g/mol. The smallest absolute Gasteiger partial charge is 0.244 e. The Hall–Kier alpha value is -1.61. The molecule has 1 amide bonds. The zero-order valence-electron chi connectivity index (χ0n) is 12.0. The van der Waals surface area contributed by atoms with Crippen molar-refractivity contribution in [1.29, 1.82) is 0 Å². The van der Waals surface area contributed by atoms with Gasteiger partial charge in [-0.05, 0) is 43.2 Å². The number of nitrogens with one attached hydrogen (secondary N) is 1. The second-order valence-corrected chi connectivity index (χ2v) is 5.62. The fourth-order valence-electron chi connectivity index (χ4n) is 2.76. The van der Waals surface area contributed by atoms with Gasteiger partial charge in [0.05, 0.1) is 0 Å². The SMILES string of the molecule is Cc1ccc(C=CC(=O)NCC2CCCC2CO)cc1. The lowest BCUT2D eigenvalue weighted by atomic mass is 9.97. The topological polar surface area (TPSA) is 49.3 Å². The Morgan fingerprint density at radius 3 is 2.70 bits per heavy atom. The Bertz CT molecular complexity index is 464. The standard InChI is InChI=1S/C17H23NO2/c1-13-5-7-14(8-6-13)9-10-17(20)18-11-15-3-2-4-16(15)12-19/h5-10,15-16,19H,2-4,11-12H2,1H3,(H,18,20). The van der Waals surface area contributed by atoms with Gasteiger partial charge >= 0.3 is 0 Å². The van der Waals surface area contributed by atoms with E-state index in [0.717, 1.165) is 24.8 Å². The predicted octanol–water partition coefficient (Wildman–Crippen LogP) is 2.53. The molecule has 20 heavy (non-hydrogen) atoms. The van der Waals surface area contributed by atoms with E-state index in [1.807, 2.05) is 37.3 Å². The number of aliphatic hydroxyl groups is 1. The number of amides is 1. The van der Waals surface area contributed by atoms with Crippen molar-refractivity contribution in [3.63, 3.8) is 0 Å². The summed E-state index contributed by atoms with van der Waals surface area (Å²) in [5, 5.41) is 12.2. The normalized spacial score (nSPS) is 22.3. The van der Waals surface area contributed by atoms with Crippen LogP contribution in [0.4, 0.5) is 0 Å². The van der Waals surface area contributed by atoms with Gasteiger partial charge in [-0.3, -0.25) is 4.79 Å². The lowest BCUT2D eigenvalue weighted by Gasteiger charge is -2.17. The van der Waals surface area contributed by atoms with E-state index in [9.17, 15) is 9.90 Å². The maximum atomic E-state index is 11.8. The Balaban J connectivity index is 1.79. The maximum Gasteiger partial charge on any atom is 0.244 e. The molecule has 2 atom stereocenters. The van der Waals surface area contributed by atoms with Crippen LogP contribution in [0.3, 0.4) is 0 Å². The number of hydrogen-bond donors (Lipinski definition) is 2. The zero-order chi connectivity index (χ0) is 14.4. The van der Waals surface area contributed by atoms with Gasteiger partial charge in [-0.1, -0.05) is 36.2 Å². The fourth-order valence-corrected chi connectivity index (χ4v) is 2.76. The van der Waals surface area contributed by atoms with Gasteiger partial charge in [-0.25, -0.2) is 0 Å². The van der Waals surface area contributed by atoms with Crippen molar-refractivity contribution in [2.45, 2.75) is 26.2 Å². The molecule has 3 nitrogen and oxygen atoms in total. The number of aryl methyl sites for hydroxylation is 1. The Morgan fingerprint density at radius 2 is 2.00 bits per heavy atom. The van der Waals surface area contributed by atoms with Crippen molar-refractivity contribution in [3.8, 4) is 0 Å². The van der Waals surface area contributed by atoms with Crippen LogP contribution in [0.15, 0.2) is 30.3 Å². The van der Waals surface area contributed by atoms with Crippen molar-refractivity contribution in [3.05, 3.63) is 41.5 Å². The number of benzene rings is 1. The first kappa shape index (κ1) is 14.8. The van der Waals surface area contributed by atoms with Gasteiger partial charge in [-0.15, -0.1) is 0 Å². The summed E-state index contributed by atoms with van der Waals surface area (Å²) >= 11 is 0. The van der Waals surface area contributed by atoms with Crippen LogP contribution < -0.4 is 5.32 Å². The van der Waals surface area contributed by atoms with Gasteiger partial charge in [0.2, 0.25) is 5.91 Å². The molecule has 0 aliphatic heterocycles. The largest absolute Gasteiger partial charge is 0.396 e.